The van der Waals surface area contributed by atoms with Crippen LogP contribution in [0.25, 0.3) is 5.69 Å². The maximum Gasteiger partial charge on any atom is 0.354 e. The molecule has 9 nitrogen and oxygen atoms in total. The van der Waals surface area contributed by atoms with Crippen molar-refractivity contribution >= 4 is 11.8 Å². The lowest BCUT2D eigenvalue weighted by atomic mass is 10.0. The van der Waals surface area contributed by atoms with Crippen LogP contribution in [0.2, 0.25) is 0 Å². The average molecular weight is 440 g/mol. The molecule has 9 heteroatoms. The molecule has 32 heavy (non-hydrogen) atoms. The van der Waals surface area contributed by atoms with Crippen molar-refractivity contribution in [1.82, 2.24) is 24.7 Å². The number of nitrogens with one attached hydrogen (secondary N) is 2. The van der Waals surface area contributed by atoms with Gasteiger partial charge >= 0.3 is 11.7 Å². The van der Waals surface area contributed by atoms with Crippen molar-refractivity contribution in [3.05, 3.63) is 52.6 Å². The van der Waals surface area contributed by atoms with Crippen molar-refractivity contribution in [2.45, 2.75) is 38.3 Å². The van der Waals surface area contributed by atoms with Gasteiger partial charge in [-0.2, -0.15) is 4.98 Å². The summed E-state index contributed by atoms with van der Waals surface area (Å²) in [7, 11) is 0. The second-order valence-electron chi connectivity index (χ2n) is 8.75. The number of nitrogens with zero attached hydrogens (tertiary/aromatic N) is 4. The van der Waals surface area contributed by atoms with E-state index in [0.29, 0.717) is 19.1 Å². The van der Waals surface area contributed by atoms with E-state index in [1.165, 1.54) is 10.1 Å². The van der Waals surface area contributed by atoms with Crippen molar-refractivity contribution in [1.29, 1.82) is 0 Å². The van der Waals surface area contributed by atoms with Gasteiger partial charge in [0.2, 0.25) is 0 Å². The van der Waals surface area contributed by atoms with Gasteiger partial charge in [-0.3, -0.25) is 14.8 Å². The maximum atomic E-state index is 12.6. The molecular formula is C23H33N7O2. The number of nitrogens with two attached hydrogens (primary N) is 1. The van der Waals surface area contributed by atoms with Crippen LogP contribution >= 0.6 is 0 Å². The Kier molecular flexibility index (Phi) is 7.19. The number of carbonyl (C=O) groups is 1. The summed E-state index contributed by atoms with van der Waals surface area (Å²) in [5, 5.41) is 5.92. The van der Waals surface area contributed by atoms with E-state index in [9.17, 15) is 9.59 Å². The summed E-state index contributed by atoms with van der Waals surface area (Å²) in [5.41, 5.74) is 7.67. The highest BCUT2D eigenvalue weighted by molar-refractivity contribution is 5.88. The van der Waals surface area contributed by atoms with Gasteiger partial charge in [0.05, 0.1) is 5.69 Å². The summed E-state index contributed by atoms with van der Waals surface area (Å²) in [6.45, 7) is 7.11. The molecule has 1 aromatic carbocycles. The Morgan fingerprint density at radius 3 is 2.66 bits per heavy atom. The molecule has 0 bridgehead atoms. The predicted octanol–water partition coefficient (Wildman–Crippen LogP) is 1.02. The SMILES string of the molecule is CC(Cc1ccc(-n2ccc(NC(=O)N3CCNCC3)nc2=O)cc1)N1CCCC(N)C1. The van der Waals surface area contributed by atoms with Crippen LogP contribution in [0.4, 0.5) is 10.6 Å². The predicted molar refractivity (Wildman–Crippen MR) is 125 cm³/mol. The second kappa shape index (κ2) is 10.2. The number of aromatic nitrogens is 2. The first-order chi connectivity index (χ1) is 15.5. The Morgan fingerprint density at radius 1 is 1.22 bits per heavy atom. The number of carbonyl (C=O) groups excluding carboxylic acids is 1. The largest absolute Gasteiger partial charge is 0.354 e. The van der Waals surface area contributed by atoms with E-state index in [1.807, 2.05) is 12.1 Å². The van der Waals surface area contributed by atoms with E-state index in [1.54, 1.807) is 17.2 Å². The van der Waals surface area contributed by atoms with E-state index in [2.05, 4.69) is 39.6 Å². The molecule has 2 atom stereocenters. The number of hydrogen-bond acceptors (Lipinski definition) is 6. The molecule has 1 aromatic heterocycles. The normalized spacial score (nSPS) is 20.7. The van der Waals surface area contributed by atoms with Crippen molar-refractivity contribution in [3.63, 3.8) is 0 Å². The zero-order valence-corrected chi connectivity index (χ0v) is 18.7. The van der Waals surface area contributed by atoms with E-state index in [-0.39, 0.29) is 17.9 Å². The van der Waals surface area contributed by atoms with Gasteiger partial charge in [0.15, 0.2) is 0 Å². The summed E-state index contributed by atoms with van der Waals surface area (Å²) in [6, 6.07) is 10.1. The molecule has 2 fully saturated rings. The lowest BCUT2D eigenvalue weighted by Gasteiger charge is -2.35. The van der Waals surface area contributed by atoms with Crippen LogP contribution in [-0.2, 0) is 6.42 Å². The van der Waals surface area contributed by atoms with Crippen LogP contribution in [0.3, 0.4) is 0 Å². The summed E-state index contributed by atoms with van der Waals surface area (Å²) in [4.78, 5) is 33.1. The number of hydrogen-bond donors (Lipinski definition) is 3. The molecule has 2 aliphatic heterocycles. The fraction of sp³-hybridized carbons (Fsp3) is 0.522. The molecule has 2 saturated heterocycles. The van der Waals surface area contributed by atoms with E-state index in [0.717, 1.165) is 51.1 Å². The molecule has 0 saturated carbocycles. The quantitative estimate of drug-likeness (QED) is 0.642. The van der Waals surface area contributed by atoms with Crippen molar-refractivity contribution in [2.24, 2.45) is 5.73 Å². The lowest BCUT2D eigenvalue weighted by molar-refractivity contribution is 0.158. The highest BCUT2D eigenvalue weighted by atomic mass is 16.2. The first-order valence-electron chi connectivity index (χ1n) is 11.4. The van der Waals surface area contributed by atoms with Crippen LogP contribution in [0, 0.1) is 0 Å². The maximum absolute atomic E-state index is 12.6. The molecule has 0 aliphatic carbocycles. The van der Waals surface area contributed by atoms with Gasteiger partial charge in [-0.05, 0) is 56.5 Å². The van der Waals surface area contributed by atoms with Gasteiger partial charge in [-0.25, -0.2) is 9.59 Å². The van der Waals surface area contributed by atoms with Crippen LogP contribution in [0.15, 0.2) is 41.3 Å². The van der Waals surface area contributed by atoms with Gasteiger partial charge in [-0.1, -0.05) is 12.1 Å². The molecule has 2 amide bonds. The summed E-state index contributed by atoms with van der Waals surface area (Å²) in [6.07, 6.45) is 4.86. The fourth-order valence-electron chi connectivity index (χ4n) is 4.43. The average Bonchev–Trinajstić information content (AvgIpc) is 2.80. The van der Waals surface area contributed by atoms with Crippen LogP contribution < -0.4 is 22.1 Å². The second-order valence-corrected chi connectivity index (χ2v) is 8.75. The van der Waals surface area contributed by atoms with Crippen molar-refractivity contribution in [2.75, 3.05) is 44.6 Å². The molecule has 2 aromatic rings. The third kappa shape index (κ3) is 5.53. The number of rotatable bonds is 5. The minimum absolute atomic E-state index is 0.232. The molecule has 4 rings (SSSR count). The monoisotopic (exact) mass is 439 g/mol. The van der Waals surface area contributed by atoms with E-state index < -0.39 is 5.69 Å². The number of likely N-dealkylation sites (tertiary alicyclic amines) is 1. The third-order valence-corrected chi connectivity index (χ3v) is 6.30. The van der Waals surface area contributed by atoms with Crippen LogP contribution in [0.1, 0.15) is 25.3 Å². The Hall–Kier alpha value is -2.75. The molecule has 2 aliphatic rings. The number of piperidine rings is 1. The highest BCUT2D eigenvalue weighted by Gasteiger charge is 2.21. The number of piperazine rings is 1. The number of benzene rings is 1. The molecule has 172 valence electrons. The molecule has 2 unspecified atom stereocenters. The smallest absolute Gasteiger partial charge is 0.327 e. The molecule has 0 spiro atoms. The summed E-state index contributed by atoms with van der Waals surface area (Å²) in [5.74, 6) is 0.264. The van der Waals surface area contributed by atoms with Gasteiger partial charge < -0.3 is 16.0 Å². The number of urea groups is 1. The molecule has 4 N–H and O–H groups in total. The van der Waals surface area contributed by atoms with Gasteiger partial charge in [0.1, 0.15) is 5.82 Å². The number of amides is 2. The fourth-order valence-corrected chi connectivity index (χ4v) is 4.43. The van der Waals surface area contributed by atoms with Gasteiger partial charge in [0.25, 0.3) is 0 Å². The minimum atomic E-state index is -0.425. The van der Waals surface area contributed by atoms with Crippen LogP contribution in [0.5, 0.6) is 0 Å². The van der Waals surface area contributed by atoms with Crippen molar-refractivity contribution < 1.29 is 4.79 Å². The zero-order valence-electron chi connectivity index (χ0n) is 18.7. The first kappa shape index (κ1) is 22.4. The van der Waals surface area contributed by atoms with Crippen molar-refractivity contribution in [3.8, 4) is 5.69 Å². The standard InChI is InChI=1S/C23H33N7O2/c1-17(29-11-2-3-19(24)16-29)15-18-4-6-20(7-5-18)30-12-8-21(27-23(30)32)26-22(31)28-13-9-25-10-14-28/h4-8,12,17,19,25H,2-3,9-11,13-16,24H2,1H3,(H,26,27,31,32). The van der Waals surface area contributed by atoms with Gasteiger partial charge in [-0.15, -0.1) is 0 Å². The Balaban J connectivity index is 1.38. The first-order valence-corrected chi connectivity index (χ1v) is 11.4. The Morgan fingerprint density at radius 2 is 1.97 bits per heavy atom. The molecule has 3 heterocycles. The summed E-state index contributed by atoms with van der Waals surface area (Å²) < 4.78 is 1.48. The zero-order chi connectivity index (χ0) is 22.5. The summed E-state index contributed by atoms with van der Waals surface area (Å²) >= 11 is 0. The van der Waals surface area contributed by atoms with Crippen LogP contribution in [-0.4, -0.2) is 76.7 Å². The van der Waals surface area contributed by atoms with E-state index >= 15 is 0 Å². The highest BCUT2D eigenvalue weighted by Crippen LogP contribution is 2.16. The van der Waals surface area contributed by atoms with E-state index in [4.69, 9.17) is 5.73 Å². The lowest BCUT2D eigenvalue weighted by Crippen LogP contribution is -2.48. The Bertz CT molecular complexity index is 969. The minimum Gasteiger partial charge on any atom is -0.327 e. The van der Waals surface area contributed by atoms with Gasteiger partial charge in [0, 0.05) is 51.0 Å². The Labute approximate surface area is 188 Å². The number of anilines is 1. The molecule has 0 radical (unpaired) electrons. The molecular weight excluding hydrogens is 406 g/mol. The third-order valence-electron chi connectivity index (χ3n) is 6.30. The topological polar surface area (TPSA) is 109 Å².